The first-order chi connectivity index (χ1) is 34.9. The zero-order valence-electron chi connectivity index (χ0n) is 41.4. The van der Waals surface area contributed by atoms with E-state index in [0.29, 0.717) is 53.7 Å². The van der Waals surface area contributed by atoms with Crippen molar-refractivity contribution in [3.05, 3.63) is 125 Å². The minimum Gasteiger partial charge on any atom is -0.508 e. The number of hydrogen-bond donors (Lipinski definition) is 12. The average Bonchev–Trinajstić information content (AvgIpc) is 3.37. The molecule has 14 N–H and O–H groups in total. The van der Waals surface area contributed by atoms with Gasteiger partial charge in [0, 0.05) is 25.7 Å². The van der Waals surface area contributed by atoms with Crippen molar-refractivity contribution in [3.8, 4) is 17.2 Å². The summed E-state index contributed by atoms with van der Waals surface area (Å²) in [6.07, 6.45) is 3.06. The molecule has 0 aliphatic carbocycles. The summed E-state index contributed by atoms with van der Waals surface area (Å²) in [7, 11) is 0. The second kappa shape index (κ2) is 30.0. The van der Waals surface area contributed by atoms with Gasteiger partial charge in [0.15, 0.2) is 0 Å². The number of aliphatic carboxylic acids is 1. The number of phenols is 3. The molecule has 0 heterocycles. The minimum atomic E-state index is -1.43. The standard InChI is InChI=1S/C53H70N8O11S/c1-4-32(2)46(61-47(65)40(55)25-27-73-3)52(70)59-44(30-36-17-23-39(64)24-18-36)49(67)56-41(12-8-9-26-54)48(66)57-42(28-34-13-19-37(62)20-14-34)50(68)58-43(29-35-15-21-38(63)22-16-35)51(69)60-45(53(71)72)31-33-10-6-5-7-11-33/h5-7,10-11,13-24,32,40-46,62-64H,4,8-9,12,25-31,54-55H2,1-3H3,(H,56,67)(H,57,66)(H,58,68)(H,59,70)(H,60,69)(H,61,65)(H,71,72)/t32-,40-,41-,42-,43-,44-,45-,46-/m0/s1. The van der Waals surface area contributed by atoms with Gasteiger partial charge in [-0.3, -0.25) is 28.8 Å². The van der Waals surface area contributed by atoms with Crippen molar-refractivity contribution in [1.29, 1.82) is 0 Å². The van der Waals surface area contributed by atoms with Gasteiger partial charge in [0.05, 0.1) is 6.04 Å². The number of nitrogens with two attached hydrogens (primary N) is 2. The van der Waals surface area contributed by atoms with E-state index < -0.39 is 83.7 Å². The summed E-state index contributed by atoms with van der Waals surface area (Å²) in [6, 6.07) is 17.5. The molecule has 6 amide bonds. The third-order valence-electron chi connectivity index (χ3n) is 12.3. The van der Waals surface area contributed by atoms with Gasteiger partial charge in [0.2, 0.25) is 35.4 Å². The third-order valence-corrected chi connectivity index (χ3v) is 12.9. The summed E-state index contributed by atoms with van der Waals surface area (Å²) in [5, 5.41) is 56.5. The van der Waals surface area contributed by atoms with E-state index in [-0.39, 0.29) is 61.8 Å². The fourth-order valence-corrected chi connectivity index (χ4v) is 8.22. The van der Waals surface area contributed by atoms with Crippen molar-refractivity contribution in [2.24, 2.45) is 17.4 Å². The van der Waals surface area contributed by atoms with Crippen molar-refractivity contribution >= 4 is 53.2 Å². The number of carbonyl (C=O) groups excluding carboxylic acids is 6. The quantitative estimate of drug-likeness (QED) is 0.0334. The maximum Gasteiger partial charge on any atom is 0.326 e. The zero-order valence-corrected chi connectivity index (χ0v) is 42.2. The molecule has 4 rings (SSSR count). The number of amides is 6. The number of hydrogen-bond acceptors (Lipinski definition) is 13. The van der Waals surface area contributed by atoms with Gasteiger partial charge < -0.3 is 63.8 Å². The number of thioether (sulfide) groups is 1. The van der Waals surface area contributed by atoms with E-state index in [1.54, 1.807) is 49.4 Å². The van der Waals surface area contributed by atoms with Crippen LogP contribution in [-0.2, 0) is 59.2 Å². The molecule has 0 aliphatic heterocycles. The van der Waals surface area contributed by atoms with E-state index in [2.05, 4.69) is 31.9 Å². The number of unbranched alkanes of at least 4 members (excludes halogenated alkanes) is 1. The van der Waals surface area contributed by atoms with Gasteiger partial charge in [-0.25, -0.2) is 4.79 Å². The van der Waals surface area contributed by atoms with Crippen LogP contribution in [0.3, 0.4) is 0 Å². The molecule has 0 unspecified atom stereocenters. The molecule has 394 valence electrons. The summed E-state index contributed by atoms with van der Waals surface area (Å²) >= 11 is 1.52. The maximum atomic E-state index is 14.6. The molecule has 0 bridgehead atoms. The van der Waals surface area contributed by atoms with Crippen LogP contribution in [-0.4, -0.2) is 123 Å². The number of benzene rings is 4. The summed E-state index contributed by atoms with van der Waals surface area (Å²) in [6.45, 7) is 3.88. The van der Waals surface area contributed by atoms with Gasteiger partial charge >= 0.3 is 5.97 Å². The molecule has 0 spiro atoms. The van der Waals surface area contributed by atoms with Crippen molar-refractivity contribution in [1.82, 2.24) is 31.9 Å². The van der Waals surface area contributed by atoms with Crippen LogP contribution in [0.4, 0.5) is 0 Å². The number of aromatic hydroxyl groups is 3. The topological polar surface area (TPSA) is 325 Å². The Morgan fingerprint density at radius 3 is 1.30 bits per heavy atom. The van der Waals surface area contributed by atoms with Gasteiger partial charge in [-0.15, -0.1) is 0 Å². The smallest absolute Gasteiger partial charge is 0.326 e. The molecule has 73 heavy (non-hydrogen) atoms. The van der Waals surface area contributed by atoms with Crippen LogP contribution in [0.5, 0.6) is 17.2 Å². The van der Waals surface area contributed by atoms with Crippen molar-refractivity contribution in [2.75, 3.05) is 18.6 Å². The highest BCUT2D eigenvalue weighted by atomic mass is 32.2. The number of carboxylic acids is 1. The Labute approximate surface area is 430 Å². The Kier molecular flexibility index (Phi) is 24.0. The molecule has 0 aliphatic rings. The number of phenolic OH excluding ortho intramolecular Hbond substituents is 3. The van der Waals surface area contributed by atoms with Crippen LogP contribution in [0, 0.1) is 5.92 Å². The Morgan fingerprint density at radius 2 is 0.890 bits per heavy atom. The molecule has 0 saturated carbocycles. The van der Waals surface area contributed by atoms with Crippen LogP contribution >= 0.6 is 11.8 Å². The van der Waals surface area contributed by atoms with Crippen LogP contribution < -0.4 is 43.4 Å². The number of carboxylic acid groups (broad SMARTS) is 1. The largest absolute Gasteiger partial charge is 0.508 e. The normalized spacial score (nSPS) is 14.4. The maximum absolute atomic E-state index is 14.6. The molecule has 8 atom stereocenters. The molecule has 0 fully saturated rings. The minimum absolute atomic E-state index is 0.0333. The molecule has 20 heteroatoms. The molecular weight excluding hydrogens is 957 g/mol. The van der Waals surface area contributed by atoms with Crippen molar-refractivity contribution < 1.29 is 54.0 Å². The molecule has 0 aromatic heterocycles. The second-order valence-corrected chi connectivity index (χ2v) is 19.0. The number of carbonyl (C=O) groups is 7. The van der Waals surface area contributed by atoms with Crippen LogP contribution in [0.2, 0.25) is 0 Å². The summed E-state index contributed by atoms with van der Waals surface area (Å²) in [5.41, 5.74) is 14.1. The Hall–Kier alpha value is -7.16. The molecule has 4 aromatic rings. The lowest BCUT2D eigenvalue weighted by Crippen LogP contribution is -2.61. The SMILES string of the molecule is CC[C@H](C)[C@H](NC(=O)[C@@H](N)CCSC)C(=O)N[C@@H](Cc1ccc(O)cc1)C(=O)N[C@@H](CCCCN)C(=O)N[C@@H](Cc1ccc(O)cc1)C(=O)N[C@@H](Cc1ccc(O)cc1)C(=O)N[C@@H](Cc1ccccc1)C(=O)O. The first kappa shape index (κ1) is 58.4. The molecule has 0 radical (unpaired) electrons. The summed E-state index contributed by atoms with van der Waals surface area (Å²) in [4.78, 5) is 97.6. The Morgan fingerprint density at radius 1 is 0.507 bits per heavy atom. The Balaban J connectivity index is 1.67. The van der Waals surface area contributed by atoms with E-state index in [1.807, 2.05) is 13.2 Å². The summed E-state index contributed by atoms with van der Waals surface area (Å²) < 4.78 is 0. The number of nitrogens with one attached hydrogen (secondary N) is 6. The average molecular weight is 1030 g/mol. The van der Waals surface area contributed by atoms with E-state index >= 15 is 0 Å². The fraction of sp³-hybridized carbons (Fsp3) is 0.415. The van der Waals surface area contributed by atoms with Gasteiger partial charge in [-0.05, 0) is 109 Å². The first-order valence-electron chi connectivity index (χ1n) is 24.3. The molecule has 4 aromatic carbocycles. The fourth-order valence-electron chi connectivity index (χ4n) is 7.73. The zero-order chi connectivity index (χ0) is 53.5. The van der Waals surface area contributed by atoms with E-state index in [9.17, 15) is 54.0 Å². The first-order valence-corrected chi connectivity index (χ1v) is 25.7. The van der Waals surface area contributed by atoms with E-state index in [0.717, 1.165) is 0 Å². The highest BCUT2D eigenvalue weighted by Gasteiger charge is 2.35. The van der Waals surface area contributed by atoms with Gasteiger partial charge in [-0.2, -0.15) is 11.8 Å². The highest BCUT2D eigenvalue weighted by Crippen LogP contribution is 2.17. The Bertz CT molecular complexity index is 2410. The number of rotatable bonds is 30. The second-order valence-electron chi connectivity index (χ2n) is 18.0. The lowest BCUT2D eigenvalue weighted by molar-refractivity contribution is -0.142. The van der Waals surface area contributed by atoms with Crippen LogP contribution in [0.25, 0.3) is 0 Å². The van der Waals surface area contributed by atoms with Gasteiger partial charge in [-0.1, -0.05) is 87.0 Å². The predicted molar refractivity (Wildman–Crippen MR) is 278 cm³/mol. The lowest BCUT2D eigenvalue weighted by Gasteiger charge is -2.29. The van der Waals surface area contributed by atoms with Gasteiger partial charge in [0.25, 0.3) is 0 Å². The molecular formula is C53H70N8O11S. The van der Waals surface area contributed by atoms with Crippen LogP contribution in [0.1, 0.15) is 68.2 Å². The van der Waals surface area contributed by atoms with E-state index in [1.165, 1.54) is 72.4 Å². The predicted octanol–water partition coefficient (Wildman–Crippen LogP) is 2.32. The van der Waals surface area contributed by atoms with Crippen LogP contribution in [0.15, 0.2) is 103 Å². The monoisotopic (exact) mass is 1030 g/mol. The van der Waals surface area contributed by atoms with Gasteiger partial charge in [0.1, 0.15) is 53.5 Å². The molecule has 0 saturated heterocycles. The van der Waals surface area contributed by atoms with Crippen molar-refractivity contribution in [2.45, 2.75) is 114 Å². The third kappa shape index (κ3) is 19.8. The lowest BCUT2D eigenvalue weighted by atomic mass is 9.96. The molecule has 19 nitrogen and oxygen atoms in total. The summed E-state index contributed by atoms with van der Waals surface area (Å²) in [5.74, 6) is -5.73. The van der Waals surface area contributed by atoms with E-state index in [4.69, 9.17) is 11.5 Å². The highest BCUT2D eigenvalue weighted by molar-refractivity contribution is 7.98. The van der Waals surface area contributed by atoms with Crippen molar-refractivity contribution in [3.63, 3.8) is 0 Å².